The van der Waals surface area contributed by atoms with Crippen molar-refractivity contribution in [1.29, 1.82) is 0 Å². The average Bonchev–Trinajstić information content (AvgIpc) is 3.35. The number of halogens is 4. The summed E-state index contributed by atoms with van der Waals surface area (Å²) in [6.45, 7) is -0.0871. The molecule has 0 fully saturated rings. The summed E-state index contributed by atoms with van der Waals surface area (Å²) < 4.78 is 41.8. The summed E-state index contributed by atoms with van der Waals surface area (Å²) in [5.74, 6) is -0.667. The number of aliphatic imine (C=N–C) groups is 1. The van der Waals surface area contributed by atoms with E-state index in [1.165, 1.54) is 23.9 Å². The summed E-state index contributed by atoms with van der Waals surface area (Å²) in [6, 6.07) is 8.91. The number of nitrogens with one attached hydrogen (secondary N) is 2. The molecular weight excluding hydrogens is 491 g/mol. The molecule has 2 N–H and O–H groups in total. The maximum atomic E-state index is 13.4. The Labute approximate surface area is 201 Å². The minimum atomic E-state index is -4.54. The molecule has 0 radical (unpaired) electrons. The van der Waals surface area contributed by atoms with Gasteiger partial charge in [0.25, 0.3) is 5.91 Å². The first-order valence-electron chi connectivity index (χ1n) is 9.92. The molecule has 1 aliphatic heterocycles. The molecule has 176 valence electrons. The molecule has 0 aliphatic carbocycles. The Bertz CT molecular complexity index is 1350. The van der Waals surface area contributed by atoms with Gasteiger partial charge >= 0.3 is 6.18 Å². The highest BCUT2D eigenvalue weighted by Gasteiger charge is 2.33. The van der Waals surface area contributed by atoms with Crippen LogP contribution in [0.1, 0.15) is 16.7 Å². The van der Waals surface area contributed by atoms with E-state index in [1.54, 1.807) is 30.5 Å². The van der Waals surface area contributed by atoms with Crippen molar-refractivity contribution in [1.82, 2.24) is 20.4 Å². The lowest BCUT2D eigenvalue weighted by atomic mass is 10.1. The number of benzene rings is 2. The number of thioether (sulfide) groups is 1. The van der Waals surface area contributed by atoms with Gasteiger partial charge in [-0.2, -0.15) is 23.3 Å². The van der Waals surface area contributed by atoms with Crippen LogP contribution in [0.25, 0.3) is 17.0 Å². The topological polar surface area (TPSA) is 88.4 Å². The van der Waals surface area contributed by atoms with E-state index in [9.17, 15) is 22.8 Å². The molecule has 4 rings (SSSR count). The molecule has 0 bridgehead atoms. The van der Waals surface area contributed by atoms with Crippen molar-refractivity contribution < 1.29 is 22.8 Å². The molecule has 1 aromatic heterocycles. The zero-order valence-electron chi connectivity index (χ0n) is 17.6. The Hall–Kier alpha value is -3.31. The highest BCUT2D eigenvalue weighted by atomic mass is 35.5. The van der Waals surface area contributed by atoms with E-state index in [0.717, 1.165) is 17.8 Å². The second-order valence-electron chi connectivity index (χ2n) is 7.28. The number of aromatic nitrogens is 2. The van der Waals surface area contributed by atoms with Gasteiger partial charge in [-0.15, -0.1) is 0 Å². The van der Waals surface area contributed by atoms with Crippen LogP contribution in [-0.2, 0) is 22.3 Å². The molecular formula is C22H17ClF3N5O2S. The zero-order valence-corrected chi connectivity index (χ0v) is 19.2. The summed E-state index contributed by atoms with van der Waals surface area (Å²) in [7, 11) is 1.51. The number of likely N-dealkylation sites (N-methyl/N-ethyl adjacent to an activating group) is 1. The summed E-state index contributed by atoms with van der Waals surface area (Å²) in [5.41, 5.74) is 0.588. The number of amidine groups is 1. The van der Waals surface area contributed by atoms with Gasteiger partial charge in [-0.05, 0) is 53.2 Å². The minimum absolute atomic E-state index is 0.00227. The Morgan fingerprint density at radius 1 is 1.24 bits per heavy atom. The molecule has 0 unspecified atom stereocenters. The summed E-state index contributed by atoms with van der Waals surface area (Å²) >= 11 is 6.88. The van der Waals surface area contributed by atoms with Crippen molar-refractivity contribution in [3.63, 3.8) is 0 Å². The van der Waals surface area contributed by atoms with Crippen LogP contribution in [0.2, 0.25) is 5.02 Å². The monoisotopic (exact) mass is 507 g/mol. The van der Waals surface area contributed by atoms with Crippen molar-refractivity contribution in [3.05, 3.63) is 69.2 Å². The largest absolute Gasteiger partial charge is 0.416 e. The molecule has 3 aromatic rings. The zero-order chi connectivity index (χ0) is 24.5. The van der Waals surface area contributed by atoms with Gasteiger partial charge in [0.2, 0.25) is 5.91 Å². The van der Waals surface area contributed by atoms with E-state index in [2.05, 4.69) is 20.7 Å². The van der Waals surface area contributed by atoms with E-state index in [-0.39, 0.29) is 29.6 Å². The van der Waals surface area contributed by atoms with Crippen LogP contribution in [0, 0.1) is 0 Å². The lowest BCUT2D eigenvalue weighted by Crippen LogP contribution is -2.33. The third kappa shape index (κ3) is 5.26. The van der Waals surface area contributed by atoms with E-state index in [4.69, 9.17) is 11.6 Å². The van der Waals surface area contributed by atoms with Gasteiger partial charge in [0, 0.05) is 17.5 Å². The minimum Gasteiger partial charge on any atom is -0.358 e. The Morgan fingerprint density at radius 2 is 2.03 bits per heavy atom. The predicted octanol–water partition coefficient (Wildman–Crippen LogP) is 4.06. The smallest absolute Gasteiger partial charge is 0.358 e. The molecule has 0 spiro atoms. The van der Waals surface area contributed by atoms with Crippen LogP contribution >= 0.6 is 23.4 Å². The first kappa shape index (κ1) is 23.8. The molecule has 2 heterocycles. The molecule has 7 nitrogen and oxygen atoms in total. The fraction of sp³-hybridized carbons (Fsp3) is 0.182. The van der Waals surface area contributed by atoms with Crippen LogP contribution in [0.3, 0.4) is 0 Å². The molecule has 0 saturated heterocycles. The SMILES string of the molecule is CNC(=O)CNC1=NC(=O)C(=Cc2ccc3c(cnn3Cc3ccc(Cl)cc3C(F)(F)F)c2)S1. The fourth-order valence-corrected chi connectivity index (χ4v) is 4.29. The maximum Gasteiger partial charge on any atom is 0.416 e. The van der Waals surface area contributed by atoms with E-state index < -0.39 is 17.6 Å². The van der Waals surface area contributed by atoms with Crippen molar-refractivity contribution in [2.24, 2.45) is 4.99 Å². The van der Waals surface area contributed by atoms with Crippen molar-refractivity contribution >= 4 is 57.3 Å². The summed E-state index contributed by atoms with van der Waals surface area (Å²) in [4.78, 5) is 27.8. The third-order valence-electron chi connectivity index (χ3n) is 4.96. The lowest BCUT2D eigenvalue weighted by Gasteiger charge is -2.14. The molecule has 0 saturated carbocycles. The number of carbonyl (C=O) groups is 2. The number of fused-ring (bicyclic) bond motifs is 1. The standard InChI is InChI=1S/C22H17ClF3N5O2S/c1-27-19(32)10-28-21-30-20(33)18(34-21)7-12-2-5-17-14(6-12)9-29-31(17)11-13-3-4-15(23)8-16(13)22(24,25)26/h2-9H,10-11H2,1H3,(H,27,32)(H,28,30,33). The van der Waals surface area contributed by atoms with Gasteiger partial charge in [0.15, 0.2) is 5.17 Å². The molecule has 12 heteroatoms. The number of amides is 2. The van der Waals surface area contributed by atoms with Gasteiger partial charge < -0.3 is 10.6 Å². The van der Waals surface area contributed by atoms with Crippen LogP contribution in [-0.4, -0.2) is 40.4 Å². The van der Waals surface area contributed by atoms with Crippen LogP contribution < -0.4 is 10.6 Å². The molecule has 34 heavy (non-hydrogen) atoms. The number of hydrogen-bond acceptors (Lipinski definition) is 5. The Balaban J connectivity index is 1.54. The molecule has 1 aliphatic rings. The van der Waals surface area contributed by atoms with Crippen molar-refractivity contribution in [3.8, 4) is 0 Å². The Morgan fingerprint density at radius 3 is 2.76 bits per heavy atom. The quantitative estimate of drug-likeness (QED) is 0.508. The molecule has 2 amide bonds. The first-order valence-corrected chi connectivity index (χ1v) is 11.1. The summed E-state index contributed by atoms with van der Waals surface area (Å²) in [5, 5.41) is 10.5. The first-order chi connectivity index (χ1) is 16.1. The third-order valence-corrected chi connectivity index (χ3v) is 6.14. The maximum absolute atomic E-state index is 13.4. The van der Waals surface area contributed by atoms with Crippen LogP contribution in [0.5, 0.6) is 0 Å². The fourth-order valence-electron chi connectivity index (χ4n) is 3.31. The highest BCUT2D eigenvalue weighted by Crippen LogP contribution is 2.34. The van der Waals surface area contributed by atoms with E-state index in [1.807, 2.05) is 0 Å². The van der Waals surface area contributed by atoms with Crippen LogP contribution in [0.15, 0.2) is 52.5 Å². The van der Waals surface area contributed by atoms with E-state index in [0.29, 0.717) is 26.5 Å². The summed E-state index contributed by atoms with van der Waals surface area (Å²) in [6.07, 6.45) is -1.33. The van der Waals surface area contributed by atoms with Gasteiger partial charge in [0.05, 0.1) is 35.3 Å². The molecule has 0 atom stereocenters. The number of nitrogens with zero attached hydrogens (tertiary/aromatic N) is 3. The molecule has 2 aromatic carbocycles. The number of rotatable bonds is 5. The second-order valence-corrected chi connectivity index (χ2v) is 8.75. The second kappa shape index (κ2) is 9.51. The van der Waals surface area contributed by atoms with Crippen molar-refractivity contribution in [2.75, 3.05) is 13.6 Å². The highest BCUT2D eigenvalue weighted by molar-refractivity contribution is 8.18. The van der Waals surface area contributed by atoms with Crippen LogP contribution in [0.4, 0.5) is 13.2 Å². The number of hydrogen-bond donors (Lipinski definition) is 2. The normalized spacial score (nSPS) is 15.1. The van der Waals surface area contributed by atoms with Gasteiger partial charge in [0.1, 0.15) is 0 Å². The lowest BCUT2D eigenvalue weighted by molar-refractivity contribution is -0.138. The van der Waals surface area contributed by atoms with Gasteiger partial charge in [-0.3, -0.25) is 14.3 Å². The average molecular weight is 508 g/mol. The Kier molecular flexibility index (Phi) is 6.67. The van der Waals surface area contributed by atoms with Gasteiger partial charge in [-0.25, -0.2) is 0 Å². The van der Waals surface area contributed by atoms with Gasteiger partial charge in [-0.1, -0.05) is 23.7 Å². The van der Waals surface area contributed by atoms with Crippen molar-refractivity contribution in [2.45, 2.75) is 12.7 Å². The van der Waals surface area contributed by atoms with E-state index >= 15 is 0 Å². The number of carbonyl (C=O) groups excluding carboxylic acids is 2. The number of alkyl halides is 3. The predicted molar refractivity (Wildman–Crippen MR) is 125 cm³/mol.